The SMILES string of the molecule is CNCCc1ncc[nH]1. The van der Waals surface area contributed by atoms with Crippen LogP contribution in [0.5, 0.6) is 0 Å². The second-order valence-corrected chi connectivity index (χ2v) is 1.89. The lowest BCUT2D eigenvalue weighted by Gasteiger charge is -1.92. The Morgan fingerprint density at radius 1 is 1.78 bits per heavy atom. The number of hydrogen-bond donors (Lipinski definition) is 2. The third-order valence-electron chi connectivity index (χ3n) is 1.17. The minimum Gasteiger partial charge on any atom is -0.349 e. The number of likely N-dealkylation sites (N-methyl/N-ethyl adjacent to an activating group) is 1. The number of rotatable bonds is 3. The van der Waals surface area contributed by atoms with E-state index in [1.54, 1.807) is 6.20 Å². The Labute approximate surface area is 54.5 Å². The summed E-state index contributed by atoms with van der Waals surface area (Å²) in [7, 11) is 1.93. The monoisotopic (exact) mass is 125 g/mol. The van der Waals surface area contributed by atoms with Gasteiger partial charge < -0.3 is 10.3 Å². The van der Waals surface area contributed by atoms with Gasteiger partial charge in [0.2, 0.25) is 0 Å². The predicted molar refractivity (Wildman–Crippen MR) is 36.2 cm³/mol. The lowest BCUT2D eigenvalue weighted by atomic mass is 10.4. The van der Waals surface area contributed by atoms with Crippen molar-refractivity contribution in [3.05, 3.63) is 18.2 Å². The number of aromatic nitrogens is 2. The summed E-state index contributed by atoms with van der Waals surface area (Å²) in [4.78, 5) is 7.08. The fourth-order valence-corrected chi connectivity index (χ4v) is 0.678. The van der Waals surface area contributed by atoms with Crippen molar-refractivity contribution < 1.29 is 0 Å². The average Bonchev–Trinajstić information content (AvgIpc) is 2.34. The summed E-state index contributed by atoms with van der Waals surface area (Å²) in [6.07, 6.45) is 4.58. The summed E-state index contributed by atoms with van der Waals surface area (Å²) in [6.45, 7) is 0.980. The first-order chi connectivity index (χ1) is 4.43. The summed E-state index contributed by atoms with van der Waals surface area (Å²) >= 11 is 0. The van der Waals surface area contributed by atoms with Crippen molar-refractivity contribution in [2.45, 2.75) is 6.42 Å². The molecule has 0 aliphatic rings. The molecular weight excluding hydrogens is 114 g/mol. The van der Waals surface area contributed by atoms with E-state index >= 15 is 0 Å². The molecule has 0 fully saturated rings. The second-order valence-electron chi connectivity index (χ2n) is 1.89. The van der Waals surface area contributed by atoms with Gasteiger partial charge in [0.05, 0.1) is 0 Å². The van der Waals surface area contributed by atoms with E-state index < -0.39 is 0 Å². The van der Waals surface area contributed by atoms with Gasteiger partial charge in [-0.2, -0.15) is 0 Å². The molecule has 0 amide bonds. The Bertz CT molecular complexity index is 145. The number of H-pyrrole nitrogens is 1. The molecule has 3 nitrogen and oxygen atoms in total. The van der Waals surface area contributed by atoms with Crippen LogP contribution in [-0.4, -0.2) is 23.6 Å². The molecule has 0 radical (unpaired) electrons. The molecule has 0 unspecified atom stereocenters. The van der Waals surface area contributed by atoms with E-state index in [0.29, 0.717) is 0 Å². The van der Waals surface area contributed by atoms with Crippen LogP contribution in [0.2, 0.25) is 0 Å². The molecule has 0 aliphatic carbocycles. The van der Waals surface area contributed by atoms with Gasteiger partial charge in [0.15, 0.2) is 0 Å². The molecule has 0 spiro atoms. The molecule has 0 saturated carbocycles. The smallest absolute Gasteiger partial charge is 0.107 e. The largest absolute Gasteiger partial charge is 0.349 e. The van der Waals surface area contributed by atoms with Crippen molar-refractivity contribution in [1.29, 1.82) is 0 Å². The van der Waals surface area contributed by atoms with Gasteiger partial charge in [0, 0.05) is 25.4 Å². The summed E-state index contributed by atoms with van der Waals surface area (Å²) < 4.78 is 0. The molecule has 0 saturated heterocycles. The van der Waals surface area contributed by atoms with Crippen LogP contribution in [0.1, 0.15) is 5.82 Å². The zero-order valence-electron chi connectivity index (χ0n) is 5.52. The van der Waals surface area contributed by atoms with E-state index in [9.17, 15) is 0 Å². The van der Waals surface area contributed by atoms with E-state index in [4.69, 9.17) is 0 Å². The summed E-state index contributed by atoms with van der Waals surface area (Å²) in [5.74, 6) is 1.05. The van der Waals surface area contributed by atoms with Gasteiger partial charge in [0.25, 0.3) is 0 Å². The van der Waals surface area contributed by atoms with E-state index in [-0.39, 0.29) is 0 Å². The molecule has 3 heteroatoms. The molecule has 1 aromatic heterocycles. The average molecular weight is 125 g/mol. The molecule has 2 N–H and O–H groups in total. The Kier molecular flexibility index (Phi) is 2.27. The number of nitrogens with zero attached hydrogens (tertiary/aromatic N) is 1. The first-order valence-electron chi connectivity index (χ1n) is 3.06. The first kappa shape index (κ1) is 6.29. The maximum atomic E-state index is 4.06. The van der Waals surface area contributed by atoms with Crippen LogP contribution >= 0.6 is 0 Å². The molecule has 0 bridgehead atoms. The van der Waals surface area contributed by atoms with Gasteiger partial charge in [-0.1, -0.05) is 0 Å². The second kappa shape index (κ2) is 3.25. The van der Waals surface area contributed by atoms with Crippen molar-refractivity contribution in [3.63, 3.8) is 0 Å². The quantitative estimate of drug-likeness (QED) is 0.604. The van der Waals surface area contributed by atoms with Gasteiger partial charge in [0.1, 0.15) is 5.82 Å². The van der Waals surface area contributed by atoms with E-state index in [2.05, 4.69) is 15.3 Å². The Balaban J connectivity index is 2.30. The number of hydrogen-bond acceptors (Lipinski definition) is 2. The molecule has 1 heterocycles. The van der Waals surface area contributed by atoms with Gasteiger partial charge >= 0.3 is 0 Å². The molecular formula is C6H11N3. The molecule has 0 aromatic carbocycles. The Morgan fingerprint density at radius 3 is 3.22 bits per heavy atom. The zero-order valence-corrected chi connectivity index (χ0v) is 5.52. The van der Waals surface area contributed by atoms with Crippen LogP contribution in [0.15, 0.2) is 12.4 Å². The first-order valence-corrected chi connectivity index (χ1v) is 3.06. The fourth-order valence-electron chi connectivity index (χ4n) is 0.678. The third-order valence-corrected chi connectivity index (χ3v) is 1.17. The molecule has 9 heavy (non-hydrogen) atoms. The molecule has 1 aromatic rings. The van der Waals surface area contributed by atoms with Crippen LogP contribution in [0, 0.1) is 0 Å². The maximum Gasteiger partial charge on any atom is 0.107 e. The Hall–Kier alpha value is -0.830. The van der Waals surface area contributed by atoms with Crippen LogP contribution < -0.4 is 5.32 Å². The number of aromatic amines is 1. The van der Waals surface area contributed by atoms with Gasteiger partial charge in [-0.15, -0.1) is 0 Å². The molecule has 1 rings (SSSR count). The van der Waals surface area contributed by atoms with Gasteiger partial charge in [-0.25, -0.2) is 4.98 Å². The van der Waals surface area contributed by atoms with E-state index in [1.165, 1.54) is 0 Å². The van der Waals surface area contributed by atoms with Crippen LogP contribution in [-0.2, 0) is 6.42 Å². The minimum absolute atomic E-state index is 0.976. The van der Waals surface area contributed by atoms with Crippen molar-refractivity contribution in [2.75, 3.05) is 13.6 Å². The van der Waals surface area contributed by atoms with Crippen molar-refractivity contribution in [3.8, 4) is 0 Å². The third kappa shape index (κ3) is 1.85. The summed E-state index contributed by atoms with van der Waals surface area (Å²) in [5.41, 5.74) is 0. The standard InChI is InChI=1S/C6H11N3/c1-7-3-2-6-8-4-5-9-6/h4-5,7H,2-3H2,1H3,(H,8,9). The van der Waals surface area contributed by atoms with Crippen LogP contribution in [0.25, 0.3) is 0 Å². The number of imidazole rings is 1. The Morgan fingerprint density at radius 2 is 2.67 bits per heavy atom. The highest BCUT2D eigenvalue weighted by Gasteiger charge is 1.89. The normalized spacial score (nSPS) is 9.89. The predicted octanol–water partition coefficient (Wildman–Crippen LogP) is 0.172. The van der Waals surface area contributed by atoms with Gasteiger partial charge in [-0.3, -0.25) is 0 Å². The minimum atomic E-state index is 0.976. The zero-order chi connectivity index (χ0) is 6.53. The summed E-state index contributed by atoms with van der Waals surface area (Å²) in [6, 6.07) is 0. The highest BCUT2D eigenvalue weighted by atomic mass is 14.9. The fraction of sp³-hybridized carbons (Fsp3) is 0.500. The van der Waals surface area contributed by atoms with Crippen molar-refractivity contribution in [1.82, 2.24) is 15.3 Å². The van der Waals surface area contributed by atoms with Crippen molar-refractivity contribution >= 4 is 0 Å². The highest BCUT2D eigenvalue weighted by molar-refractivity contribution is 4.86. The lowest BCUT2D eigenvalue weighted by Crippen LogP contribution is -2.10. The van der Waals surface area contributed by atoms with Gasteiger partial charge in [-0.05, 0) is 7.05 Å². The maximum absolute atomic E-state index is 4.06. The van der Waals surface area contributed by atoms with E-state index in [0.717, 1.165) is 18.8 Å². The van der Waals surface area contributed by atoms with E-state index in [1.807, 2.05) is 13.2 Å². The van der Waals surface area contributed by atoms with Crippen LogP contribution in [0.4, 0.5) is 0 Å². The molecule has 0 aliphatic heterocycles. The summed E-state index contributed by atoms with van der Waals surface area (Å²) in [5, 5.41) is 3.05. The molecule has 50 valence electrons. The number of nitrogens with one attached hydrogen (secondary N) is 2. The topological polar surface area (TPSA) is 40.7 Å². The molecule has 0 atom stereocenters. The highest BCUT2D eigenvalue weighted by Crippen LogP contribution is 1.86. The van der Waals surface area contributed by atoms with Crippen LogP contribution in [0.3, 0.4) is 0 Å². The lowest BCUT2D eigenvalue weighted by molar-refractivity contribution is 0.764. The van der Waals surface area contributed by atoms with Crippen molar-refractivity contribution in [2.24, 2.45) is 0 Å².